The van der Waals surface area contributed by atoms with E-state index in [1.54, 1.807) is 25.3 Å². The SMILES string of the molecule is COc1cccc(/C=N\NC(=O)Cc2cc(=O)[nH]c(=S)[nH]2)c1OC(C)C. The third kappa shape index (κ3) is 5.55. The Bertz CT molecular complexity index is 889. The normalized spacial score (nSPS) is 10.9. The molecule has 1 aromatic carbocycles. The number of nitrogens with zero attached hydrogens (tertiary/aromatic N) is 1. The van der Waals surface area contributed by atoms with Gasteiger partial charge in [-0.1, -0.05) is 6.07 Å². The molecule has 2 rings (SSSR count). The molecule has 9 heteroatoms. The van der Waals surface area contributed by atoms with Crippen LogP contribution in [0.25, 0.3) is 0 Å². The smallest absolute Gasteiger partial charge is 0.251 e. The zero-order chi connectivity index (χ0) is 19.1. The third-order valence-electron chi connectivity index (χ3n) is 3.14. The molecular formula is C17H20N4O4S. The van der Waals surface area contributed by atoms with E-state index in [-0.39, 0.29) is 22.9 Å². The number of hydrogen-bond acceptors (Lipinski definition) is 6. The van der Waals surface area contributed by atoms with E-state index in [1.165, 1.54) is 12.3 Å². The lowest BCUT2D eigenvalue weighted by molar-refractivity contribution is -0.120. The fourth-order valence-electron chi connectivity index (χ4n) is 2.16. The molecule has 0 fully saturated rings. The van der Waals surface area contributed by atoms with Gasteiger partial charge in [-0.05, 0) is 38.2 Å². The highest BCUT2D eigenvalue weighted by Crippen LogP contribution is 2.30. The van der Waals surface area contributed by atoms with Crippen molar-refractivity contribution in [1.29, 1.82) is 0 Å². The lowest BCUT2D eigenvalue weighted by Crippen LogP contribution is -2.22. The fraction of sp³-hybridized carbons (Fsp3) is 0.294. The van der Waals surface area contributed by atoms with Crippen LogP contribution >= 0.6 is 12.2 Å². The summed E-state index contributed by atoms with van der Waals surface area (Å²) in [5.74, 6) is 0.721. The van der Waals surface area contributed by atoms with E-state index in [0.29, 0.717) is 22.8 Å². The Morgan fingerprint density at radius 1 is 1.38 bits per heavy atom. The monoisotopic (exact) mass is 376 g/mol. The molecule has 0 radical (unpaired) electrons. The van der Waals surface area contributed by atoms with Gasteiger partial charge >= 0.3 is 0 Å². The summed E-state index contributed by atoms with van der Waals surface area (Å²) in [5.41, 5.74) is 3.10. The van der Waals surface area contributed by atoms with Crippen LogP contribution in [0.4, 0.5) is 0 Å². The molecule has 3 N–H and O–H groups in total. The lowest BCUT2D eigenvalue weighted by Gasteiger charge is -2.15. The van der Waals surface area contributed by atoms with Crippen molar-refractivity contribution in [1.82, 2.24) is 15.4 Å². The van der Waals surface area contributed by atoms with Crippen LogP contribution in [0.15, 0.2) is 34.2 Å². The Kier molecular flexibility index (Phi) is 6.67. The maximum Gasteiger partial charge on any atom is 0.251 e. The van der Waals surface area contributed by atoms with Gasteiger partial charge < -0.3 is 14.5 Å². The molecule has 0 unspecified atom stereocenters. The van der Waals surface area contributed by atoms with Gasteiger partial charge in [0.2, 0.25) is 5.91 Å². The highest BCUT2D eigenvalue weighted by Gasteiger charge is 2.11. The molecule has 2 aromatic rings. The minimum Gasteiger partial charge on any atom is -0.493 e. The minimum atomic E-state index is -0.397. The fourth-order valence-corrected chi connectivity index (χ4v) is 2.39. The van der Waals surface area contributed by atoms with Crippen LogP contribution in [0.2, 0.25) is 0 Å². The number of H-pyrrole nitrogens is 2. The summed E-state index contributed by atoms with van der Waals surface area (Å²) in [5, 5.41) is 3.94. The van der Waals surface area contributed by atoms with Crippen molar-refractivity contribution < 1.29 is 14.3 Å². The second-order valence-electron chi connectivity index (χ2n) is 5.63. The summed E-state index contributed by atoms with van der Waals surface area (Å²) < 4.78 is 11.2. The van der Waals surface area contributed by atoms with Gasteiger partial charge in [0.15, 0.2) is 16.3 Å². The van der Waals surface area contributed by atoms with Gasteiger partial charge in [0.1, 0.15) is 0 Å². The summed E-state index contributed by atoms with van der Waals surface area (Å²) in [6.07, 6.45) is 1.36. The molecule has 0 saturated heterocycles. The van der Waals surface area contributed by atoms with Gasteiger partial charge in [-0.15, -0.1) is 0 Å². The van der Waals surface area contributed by atoms with Crippen LogP contribution in [0.3, 0.4) is 0 Å². The van der Waals surface area contributed by atoms with Gasteiger partial charge in [-0.25, -0.2) is 5.43 Å². The van der Waals surface area contributed by atoms with Crippen LogP contribution in [0.5, 0.6) is 11.5 Å². The Labute approximate surface area is 155 Å². The Balaban J connectivity index is 2.09. The van der Waals surface area contributed by atoms with E-state index in [9.17, 15) is 9.59 Å². The number of amides is 1. The number of aromatic nitrogens is 2. The van der Waals surface area contributed by atoms with Crippen LogP contribution in [0, 0.1) is 4.77 Å². The predicted octanol–water partition coefficient (Wildman–Crippen LogP) is 1.92. The number of hydrazone groups is 1. The molecule has 0 saturated carbocycles. The second-order valence-corrected chi connectivity index (χ2v) is 6.04. The number of benzene rings is 1. The van der Waals surface area contributed by atoms with Gasteiger partial charge in [0.05, 0.1) is 25.8 Å². The molecule has 0 aliphatic heterocycles. The van der Waals surface area contributed by atoms with E-state index >= 15 is 0 Å². The molecule has 1 aromatic heterocycles. The molecule has 8 nitrogen and oxygen atoms in total. The van der Waals surface area contributed by atoms with Crippen LogP contribution in [0.1, 0.15) is 25.1 Å². The van der Waals surface area contributed by atoms with E-state index in [4.69, 9.17) is 21.7 Å². The molecule has 0 aliphatic rings. The number of carbonyl (C=O) groups excluding carboxylic acids is 1. The van der Waals surface area contributed by atoms with Gasteiger partial charge in [-0.3, -0.25) is 14.6 Å². The number of para-hydroxylation sites is 1. The summed E-state index contributed by atoms with van der Waals surface area (Å²) in [7, 11) is 1.55. The molecule has 138 valence electrons. The van der Waals surface area contributed by atoms with Gasteiger partial charge in [0, 0.05) is 17.3 Å². The second kappa shape index (κ2) is 8.95. The Morgan fingerprint density at radius 2 is 2.15 bits per heavy atom. The topological polar surface area (TPSA) is 109 Å². The first-order valence-corrected chi connectivity index (χ1v) is 8.28. The molecule has 1 amide bonds. The van der Waals surface area contributed by atoms with Crippen molar-refractivity contribution in [3.63, 3.8) is 0 Å². The molecule has 0 spiro atoms. The largest absolute Gasteiger partial charge is 0.493 e. The number of aromatic amines is 2. The number of methoxy groups -OCH3 is 1. The average molecular weight is 376 g/mol. The molecule has 0 bridgehead atoms. The minimum absolute atomic E-state index is 0.0488. The summed E-state index contributed by atoms with van der Waals surface area (Å²) in [6, 6.07) is 6.65. The average Bonchev–Trinajstić information content (AvgIpc) is 2.54. The number of carbonyl (C=O) groups is 1. The van der Waals surface area contributed by atoms with E-state index in [1.807, 2.05) is 13.8 Å². The first-order valence-electron chi connectivity index (χ1n) is 7.87. The third-order valence-corrected chi connectivity index (χ3v) is 3.35. The number of rotatable bonds is 7. The quantitative estimate of drug-likeness (QED) is 0.389. The van der Waals surface area contributed by atoms with Crippen molar-refractivity contribution in [2.75, 3.05) is 7.11 Å². The molecule has 1 heterocycles. The van der Waals surface area contributed by atoms with E-state index < -0.39 is 5.91 Å². The highest BCUT2D eigenvalue weighted by molar-refractivity contribution is 7.71. The summed E-state index contributed by atoms with van der Waals surface area (Å²) >= 11 is 4.87. The van der Waals surface area contributed by atoms with Gasteiger partial charge in [-0.2, -0.15) is 5.10 Å². The van der Waals surface area contributed by atoms with Crippen LogP contribution in [-0.2, 0) is 11.2 Å². The zero-order valence-corrected chi connectivity index (χ0v) is 15.5. The van der Waals surface area contributed by atoms with Gasteiger partial charge in [0.25, 0.3) is 5.56 Å². The number of hydrogen-bond donors (Lipinski definition) is 3. The van der Waals surface area contributed by atoms with E-state index in [0.717, 1.165) is 0 Å². The Hall–Kier alpha value is -2.94. The highest BCUT2D eigenvalue weighted by atomic mass is 32.1. The maximum absolute atomic E-state index is 12.0. The summed E-state index contributed by atoms with van der Waals surface area (Å²) in [6.45, 7) is 3.81. The lowest BCUT2D eigenvalue weighted by atomic mass is 10.2. The van der Waals surface area contributed by atoms with Crippen LogP contribution in [-0.4, -0.2) is 35.3 Å². The Morgan fingerprint density at radius 3 is 2.81 bits per heavy atom. The number of ether oxygens (including phenoxy) is 2. The zero-order valence-electron chi connectivity index (χ0n) is 14.7. The molecule has 0 aliphatic carbocycles. The maximum atomic E-state index is 12.0. The van der Waals surface area contributed by atoms with Crippen molar-refractivity contribution in [3.8, 4) is 11.5 Å². The first-order chi connectivity index (χ1) is 12.4. The summed E-state index contributed by atoms with van der Waals surface area (Å²) in [4.78, 5) is 28.5. The van der Waals surface area contributed by atoms with E-state index in [2.05, 4.69) is 20.5 Å². The molecular weight excluding hydrogens is 356 g/mol. The number of nitrogens with one attached hydrogen (secondary N) is 3. The standard InChI is InChI=1S/C17H20N4O4S/c1-10(2)25-16-11(5-4-6-13(16)24-3)9-18-21-15(23)8-12-7-14(22)20-17(26)19-12/h4-7,9-10H,8H2,1-3H3,(H,21,23)(H2,19,20,22,26)/b18-9-. The molecule has 0 atom stereocenters. The molecule has 26 heavy (non-hydrogen) atoms. The van der Waals surface area contributed by atoms with Crippen molar-refractivity contribution in [3.05, 3.63) is 50.6 Å². The first kappa shape index (κ1) is 19.4. The van der Waals surface area contributed by atoms with Crippen molar-refractivity contribution >= 4 is 24.3 Å². The van der Waals surface area contributed by atoms with Crippen molar-refractivity contribution in [2.45, 2.75) is 26.4 Å². The van der Waals surface area contributed by atoms with Crippen LogP contribution < -0.4 is 20.5 Å². The predicted molar refractivity (Wildman–Crippen MR) is 100 cm³/mol. The van der Waals surface area contributed by atoms with Crippen molar-refractivity contribution in [2.24, 2.45) is 5.10 Å².